The molecule has 1 amide bonds. The van der Waals surface area contributed by atoms with E-state index in [9.17, 15) is 4.79 Å². The Bertz CT molecular complexity index is 153. The first-order valence-electron chi connectivity index (χ1n) is 4.85. The van der Waals surface area contributed by atoms with E-state index in [0.29, 0.717) is 19.6 Å². The van der Waals surface area contributed by atoms with Crippen molar-refractivity contribution in [2.75, 3.05) is 20.3 Å². The van der Waals surface area contributed by atoms with Crippen LogP contribution in [0.5, 0.6) is 0 Å². The lowest BCUT2D eigenvalue weighted by Gasteiger charge is -2.10. The van der Waals surface area contributed by atoms with Gasteiger partial charge in [0.2, 0.25) is 5.91 Å². The normalized spacial score (nSPS) is 12.5. The highest BCUT2D eigenvalue weighted by Crippen LogP contribution is 1.97. The summed E-state index contributed by atoms with van der Waals surface area (Å²) in [7, 11) is 1.57. The Balaban J connectivity index is 3.35. The van der Waals surface area contributed by atoms with Crippen LogP contribution in [0.3, 0.4) is 0 Å². The lowest BCUT2D eigenvalue weighted by molar-refractivity contribution is -0.134. The van der Waals surface area contributed by atoms with Gasteiger partial charge in [-0.1, -0.05) is 13.3 Å². The fraction of sp³-hybridized carbons (Fsp3) is 0.889. The van der Waals surface area contributed by atoms with E-state index < -0.39 is 0 Å². The zero-order valence-corrected chi connectivity index (χ0v) is 8.91. The van der Waals surface area contributed by atoms with Gasteiger partial charge in [-0.25, -0.2) is 5.48 Å². The summed E-state index contributed by atoms with van der Waals surface area (Å²) in [4.78, 5) is 16.0. The van der Waals surface area contributed by atoms with Gasteiger partial charge in [-0.15, -0.1) is 0 Å². The van der Waals surface area contributed by atoms with Gasteiger partial charge in [-0.3, -0.25) is 9.63 Å². The molecule has 0 fully saturated rings. The van der Waals surface area contributed by atoms with Crippen molar-refractivity contribution >= 4 is 5.91 Å². The summed E-state index contributed by atoms with van der Waals surface area (Å²) in [6.07, 6.45) is 2.14. The summed E-state index contributed by atoms with van der Waals surface area (Å²) >= 11 is 0. The van der Waals surface area contributed by atoms with Crippen molar-refractivity contribution in [1.29, 1.82) is 0 Å². The van der Waals surface area contributed by atoms with E-state index >= 15 is 0 Å². The Morgan fingerprint density at radius 3 is 2.79 bits per heavy atom. The Hall–Kier alpha value is -0.650. The fourth-order valence-electron chi connectivity index (χ4n) is 1.01. The second-order valence-corrected chi connectivity index (χ2v) is 3.12. The van der Waals surface area contributed by atoms with Crippen LogP contribution in [0.4, 0.5) is 0 Å². The molecule has 0 aliphatic carbocycles. The van der Waals surface area contributed by atoms with Gasteiger partial charge >= 0.3 is 0 Å². The molecule has 14 heavy (non-hydrogen) atoms. The SMILES string of the molecule is CCCC(N)CC(=O)NOCCOC. The van der Waals surface area contributed by atoms with Gasteiger partial charge in [0.25, 0.3) is 0 Å². The number of rotatable bonds is 8. The van der Waals surface area contributed by atoms with Crippen molar-refractivity contribution in [3.05, 3.63) is 0 Å². The van der Waals surface area contributed by atoms with E-state index in [-0.39, 0.29) is 11.9 Å². The highest BCUT2D eigenvalue weighted by molar-refractivity contribution is 5.75. The molecule has 5 nitrogen and oxygen atoms in total. The number of amides is 1. The predicted molar refractivity (Wildman–Crippen MR) is 53.5 cm³/mol. The first-order valence-corrected chi connectivity index (χ1v) is 4.85. The third-order valence-corrected chi connectivity index (χ3v) is 1.68. The molecule has 0 aromatic rings. The van der Waals surface area contributed by atoms with Crippen LogP contribution in [0.1, 0.15) is 26.2 Å². The van der Waals surface area contributed by atoms with Crippen molar-refractivity contribution in [3.8, 4) is 0 Å². The van der Waals surface area contributed by atoms with Crippen molar-refractivity contribution in [1.82, 2.24) is 5.48 Å². The van der Waals surface area contributed by atoms with Gasteiger partial charge in [-0.2, -0.15) is 0 Å². The molecule has 1 unspecified atom stereocenters. The predicted octanol–water partition coefficient (Wildman–Crippen LogP) is 0.198. The second kappa shape index (κ2) is 8.93. The average molecular weight is 204 g/mol. The Morgan fingerprint density at radius 1 is 1.50 bits per heavy atom. The van der Waals surface area contributed by atoms with Crippen LogP contribution in [0, 0.1) is 0 Å². The van der Waals surface area contributed by atoms with E-state index in [4.69, 9.17) is 15.3 Å². The summed E-state index contributed by atoms with van der Waals surface area (Å²) < 4.78 is 4.74. The number of carbonyl (C=O) groups excluding carboxylic acids is 1. The van der Waals surface area contributed by atoms with E-state index in [1.807, 2.05) is 6.92 Å². The molecule has 5 heteroatoms. The monoisotopic (exact) mass is 204 g/mol. The minimum absolute atomic E-state index is 0.0778. The van der Waals surface area contributed by atoms with E-state index in [1.165, 1.54) is 0 Å². The zero-order valence-electron chi connectivity index (χ0n) is 8.91. The van der Waals surface area contributed by atoms with Crippen LogP contribution in [-0.2, 0) is 14.4 Å². The molecule has 0 saturated heterocycles. The zero-order chi connectivity index (χ0) is 10.8. The van der Waals surface area contributed by atoms with Crippen molar-refractivity contribution in [3.63, 3.8) is 0 Å². The maximum atomic E-state index is 11.1. The third-order valence-electron chi connectivity index (χ3n) is 1.68. The Kier molecular flexibility index (Phi) is 8.51. The molecule has 0 rings (SSSR count). The van der Waals surface area contributed by atoms with Crippen LogP contribution in [0.15, 0.2) is 0 Å². The minimum atomic E-state index is -0.179. The largest absolute Gasteiger partial charge is 0.382 e. The first kappa shape index (κ1) is 13.4. The number of carbonyl (C=O) groups is 1. The topological polar surface area (TPSA) is 73.6 Å². The van der Waals surface area contributed by atoms with Crippen molar-refractivity contribution in [2.24, 2.45) is 5.73 Å². The van der Waals surface area contributed by atoms with E-state index in [1.54, 1.807) is 7.11 Å². The maximum absolute atomic E-state index is 11.1. The van der Waals surface area contributed by atoms with Gasteiger partial charge in [0, 0.05) is 19.6 Å². The van der Waals surface area contributed by atoms with Gasteiger partial charge in [0.05, 0.1) is 13.2 Å². The van der Waals surface area contributed by atoms with Crippen LogP contribution in [0.2, 0.25) is 0 Å². The number of methoxy groups -OCH3 is 1. The molecule has 0 aliphatic heterocycles. The summed E-state index contributed by atoms with van der Waals surface area (Å²) in [6, 6.07) is -0.0778. The summed E-state index contributed by atoms with van der Waals surface area (Å²) in [5.41, 5.74) is 7.98. The molecule has 0 heterocycles. The quantitative estimate of drug-likeness (QED) is 0.437. The van der Waals surface area contributed by atoms with E-state index in [2.05, 4.69) is 5.48 Å². The first-order chi connectivity index (χ1) is 6.70. The highest BCUT2D eigenvalue weighted by atomic mass is 16.7. The molecule has 0 aliphatic rings. The Morgan fingerprint density at radius 2 is 2.21 bits per heavy atom. The molecule has 1 atom stereocenters. The van der Waals surface area contributed by atoms with Gasteiger partial charge in [0.15, 0.2) is 0 Å². The van der Waals surface area contributed by atoms with Crippen LogP contribution in [-0.4, -0.2) is 32.3 Å². The fourth-order valence-corrected chi connectivity index (χ4v) is 1.01. The number of nitrogens with two attached hydrogens (primary N) is 1. The molecular weight excluding hydrogens is 184 g/mol. The molecule has 0 aromatic heterocycles. The summed E-state index contributed by atoms with van der Waals surface area (Å²) in [5.74, 6) is -0.179. The number of hydroxylamine groups is 1. The maximum Gasteiger partial charge on any atom is 0.245 e. The molecule has 0 radical (unpaired) electrons. The lowest BCUT2D eigenvalue weighted by atomic mass is 10.1. The molecule has 0 spiro atoms. The molecule has 84 valence electrons. The molecule has 0 aromatic carbocycles. The van der Waals surface area contributed by atoms with Crippen molar-refractivity contribution < 1.29 is 14.4 Å². The molecule has 3 N–H and O–H groups in total. The lowest BCUT2D eigenvalue weighted by Crippen LogP contribution is -2.32. The number of hydrogen-bond donors (Lipinski definition) is 2. The number of ether oxygens (including phenoxy) is 1. The van der Waals surface area contributed by atoms with Crippen LogP contribution in [0.25, 0.3) is 0 Å². The van der Waals surface area contributed by atoms with Crippen LogP contribution >= 0.6 is 0 Å². The minimum Gasteiger partial charge on any atom is -0.382 e. The van der Waals surface area contributed by atoms with Gasteiger partial charge in [0.1, 0.15) is 0 Å². The van der Waals surface area contributed by atoms with Gasteiger partial charge < -0.3 is 10.5 Å². The molecule has 0 bridgehead atoms. The summed E-state index contributed by atoms with van der Waals surface area (Å²) in [5, 5.41) is 0. The summed E-state index contributed by atoms with van der Waals surface area (Å²) in [6.45, 7) is 2.85. The molecule has 0 saturated carbocycles. The number of hydrogen-bond acceptors (Lipinski definition) is 4. The number of nitrogens with one attached hydrogen (secondary N) is 1. The standard InChI is InChI=1S/C9H20N2O3/c1-3-4-8(10)7-9(12)11-14-6-5-13-2/h8H,3-7,10H2,1-2H3,(H,11,12). The Labute approximate surface area is 84.9 Å². The second-order valence-electron chi connectivity index (χ2n) is 3.12. The highest BCUT2D eigenvalue weighted by Gasteiger charge is 2.07. The van der Waals surface area contributed by atoms with Crippen molar-refractivity contribution in [2.45, 2.75) is 32.2 Å². The molecular formula is C9H20N2O3. The van der Waals surface area contributed by atoms with Crippen LogP contribution < -0.4 is 11.2 Å². The van der Waals surface area contributed by atoms with E-state index in [0.717, 1.165) is 12.8 Å². The third kappa shape index (κ3) is 7.97. The smallest absolute Gasteiger partial charge is 0.245 e. The van der Waals surface area contributed by atoms with Gasteiger partial charge in [-0.05, 0) is 6.42 Å². The average Bonchev–Trinajstić information content (AvgIpc) is 2.13.